The molecule has 0 saturated carbocycles. The minimum Gasteiger partial charge on any atom is -0.382 e. The third kappa shape index (κ3) is 17.0. The monoisotopic (exact) mass is 1270 g/mol. The summed E-state index contributed by atoms with van der Waals surface area (Å²) < 4.78 is 193. The molecule has 6 rings (SSSR count). The van der Waals surface area contributed by atoms with Gasteiger partial charge in [0, 0.05) is 142 Å². The van der Waals surface area contributed by atoms with Gasteiger partial charge in [0.15, 0.2) is 37.7 Å². The van der Waals surface area contributed by atoms with Crippen LogP contribution in [-0.2, 0) is 147 Å². The topological polar surface area (TPSA) is 286 Å². The molecular weight excluding hydrogens is 1170 g/mol. The molecule has 6 fully saturated rings. The highest BCUT2D eigenvalue weighted by Gasteiger charge is 2.60. The Bertz CT molecular complexity index is 1860. The molecule has 0 aromatic rings. The first kappa shape index (κ1) is 74.8. The van der Waals surface area contributed by atoms with Crippen molar-refractivity contribution in [3.63, 3.8) is 0 Å². The van der Waals surface area contributed by atoms with Gasteiger partial charge in [0.2, 0.25) is 0 Å². The molecule has 0 aromatic carbocycles. The summed E-state index contributed by atoms with van der Waals surface area (Å²) in [6.07, 6.45) is -26.5. The number of ether oxygens (including phenoxy) is 31. The number of hydrogen-bond acceptors (Lipinski definition) is 31. The standard InChI is InChI=1S/C56H102O31/c1-57-21-27-33(63-7)39(64-8)46(71-15)52(78-27)84-35-29(23-59-3)80-54(48(73-17)41(35)66-10)86-37-31(25-61-5)82-56(50(75-19)43(37)68-12)87-38-32(26-62-6)81-55(49(74-18)44(38)69-13)85-36-30(24-60-4)79-53(47(72-16)42(36)67-11)83-34-28(22-58-2)77-51(76-20)45(70-14)40(34)65-9/h27-56H,21-26H2,1-20H3/t27-,28-,29-,30-,31-,32-,33-,34-,35-,36-,37-,38-,39+,40+,41+,42+,43+,44+,45-,46-,47-,48-,49-,50-,51-,52-,53-,54-,55-,56-/m1/s1. The van der Waals surface area contributed by atoms with E-state index >= 15 is 0 Å². The van der Waals surface area contributed by atoms with Gasteiger partial charge in [-0.15, -0.1) is 0 Å². The Hall–Kier alpha value is -1.24. The maximum Gasteiger partial charge on any atom is 0.187 e. The van der Waals surface area contributed by atoms with E-state index in [1.807, 2.05) is 0 Å². The second-order valence-corrected chi connectivity index (χ2v) is 21.3. The number of methoxy groups -OCH3 is 20. The van der Waals surface area contributed by atoms with Crippen molar-refractivity contribution in [1.29, 1.82) is 0 Å². The zero-order valence-electron chi connectivity index (χ0n) is 54.2. The van der Waals surface area contributed by atoms with Gasteiger partial charge < -0.3 is 147 Å². The van der Waals surface area contributed by atoms with Gasteiger partial charge in [0.1, 0.15) is 146 Å². The van der Waals surface area contributed by atoms with Gasteiger partial charge in [-0.05, 0) is 0 Å². The third-order valence-electron chi connectivity index (χ3n) is 16.8. The Balaban J connectivity index is 1.24. The summed E-state index contributed by atoms with van der Waals surface area (Å²) >= 11 is 0. The molecule has 0 amide bonds. The van der Waals surface area contributed by atoms with Crippen LogP contribution in [0, 0.1) is 0 Å². The van der Waals surface area contributed by atoms with E-state index in [9.17, 15) is 0 Å². The molecule has 6 heterocycles. The molecule has 0 radical (unpaired) electrons. The molecule has 0 spiro atoms. The summed E-state index contributed by atoms with van der Waals surface area (Å²) in [6.45, 7) is 0.318. The van der Waals surface area contributed by atoms with E-state index in [0.717, 1.165) is 0 Å². The van der Waals surface area contributed by atoms with Gasteiger partial charge >= 0.3 is 0 Å². The molecule has 0 aromatic heterocycles. The van der Waals surface area contributed by atoms with E-state index in [0.29, 0.717) is 0 Å². The van der Waals surface area contributed by atoms with Crippen molar-refractivity contribution in [2.24, 2.45) is 0 Å². The molecule has 0 N–H and O–H groups in total. The van der Waals surface area contributed by atoms with E-state index in [4.69, 9.17) is 147 Å². The highest BCUT2D eigenvalue weighted by Crippen LogP contribution is 2.41. The SMILES string of the molecule is COC[C@H]1O[C@H](O[C@H]2[C@H](OC)[C@@H](OC)[C@@H](O[C@H]3[C@H](OC)[C@@H](OC)[C@@H](O[C@H]4[C@H](OC)[C@@H](OC)[C@@H](O[C@H]5[C@H](OC)[C@@H](OC)[C@@H](O[C@H]6[C@H](OC)[C@@H](OC)[C@H](OC)O[C@@H]6COC)O[C@@H]5COC)O[C@@H]4COC)O[C@@H]3COC)O[C@@H]2COC)[C@H](OC)[C@@H](OC)[C@@H]1OC. The summed E-state index contributed by atoms with van der Waals surface area (Å²) in [4.78, 5) is 0. The summed E-state index contributed by atoms with van der Waals surface area (Å²) in [5, 5.41) is 0. The quantitative estimate of drug-likeness (QED) is 0.0726. The van der Waals surface area contributed by atoms with Crippen LogP contribution in [0.3, 0.4) is 0 Å². The van der Waals surface area contributed by atoms with Gasteiger partial charge in [0.05, 0.1) is 39.6 Å². The zero-order chi connectivity index (χ0) is 63.5. The fourth-order valence-electron chi connectivity index (χ4n) is 12.8. The van der Waals surface area contributed by atoms with Gasteiger partial charge in [-0.25, -0.2) is 0 Å². The summed E-state index contributed by atoms with van der Waals surface area (Å²) in [5.74, 6) is 0. The fraction of sp³-hybridized carbons (Fsp3) is 1.00. The van der Waals surface area contributed by atoms with Crippen LogP contribution in [0.5, 0.6) is 0 Å². The minimum atomic E-state index is -1.19. The highest BCUT2D eigenvalue weighted by molar-refractivity contribution is 5.02. The average Bonchev–Trinajstić information content (AvgIpc) is 1.56. The normalized spacial score (nSPS) is 43.9. The predicted octanol–water partition coefficient (Wildman–Crippen LogP) is -1.02. The van der Waals surface area contributed by atoms with E-state index in [1.165, 1.54) is 107 Å². The molecule has 31 nitrogen and oxygen atoms in total. The van der Waals surface area contributed by atoms with Crippen LogP contribution in [0.2, 0.25) is 0 Å². The smallest absolute Gasteiger partial charge is 0.187 e. The van der Waals surface area contributed by atoms with Crippen molar-refractivity contribution >= 4 is 0 Å². The molecule has 6 saturated heterocycles. The van der Waals surface area contributed by atoms with Crippen LogP contribution in [0.25, 0.3) is 0 Å². The Labute approximate surface area is 511 Å². The molecule has 30 atom stereocenters. The molecule has 0 unspecified atom stereocenters. The van der Waals surface area contributed by atoms with Gasteiger partial charge in [-0.2, -0.15) is 0 Å². The fourth-order valence-corrected chi connectivity index (χ4v) is 12.8. The summed E-state index contributed by atoms with van der Waals surface area (Å²) in [7, 11) is 30.6. The van der Waals surface area contributed by atoms with Gasteiger partial charge in [-0.3, -0.25) is 0 Å². The minimum absolute atomic E-state index is 0.0134. The van der Waals surface area contributed by atoms with Crippen molar-refractivity contribution in [3.8, 4) is 0 Å². The van der Waals surface area contributed by atoms with Crippen molar-refractivity contribution in [1.82, 2.24) is 0 Å². The van der Waals surface area contributed by atoms with Crippen molar-refractivity contribution < 1.29 is 147 Å². The molecule has 31 heteroatoms. The molecule has 512 valence electrons. The third-order valence-corrected chi connectivity index (χ3v) is 16.8. The molecule has 6 aliphatic heterocycles. The van der Waals surface area contributed by atoms with E-state index < -0.39 is 184 Å². The average molecular weight is 1270 g/mol. The first-order valence-electron chi connectivity index (χ1n) is 28.8. The van der Waals surface area contributed by atoms with Crippen LogP contribution in [0.15, 0.2) is 0 Å². The van der Waals surface area contributed by atoms with Gasteiger partial charge in [-0.1, -0.05) is 0 Å². The van der Waals surface area contributed by atoms with E-state index in [2.05, 4.69) is 0 Å². The van der Waals surface area contributed by atoms with Crippen LogP contribution in [0.1, 0.15) is 0 Å². The van der Waals surface area contributed by atoms with Crippen molar-refractivity contribution in [3.05, 3.63) is 0 Å². The second-order valence-electron chi connectivity index (χ2n) is 21.3. The first-order chi connectivity index (χ1) is 42.3. The van der Waals surface area contributed by atoms with Crippen LogP contribution in [-0.4, -0.2) is 366 Å². The van der Waals surface area contributed by atoms with Crippen LogP contribution < -0.4 is 0 Å². The first-order valence-corrected chi connectivity index (χ1v) is 28.8. The zero-order valence-corrected chi connectivity index (χ0v) is 54.2. The molecule has 87 heavy (non-hydrogen) atoms. The van der Waals surface area contributed by atoms with Crippen LogP contribution in [0.4, 0.5) is 0 Å². The van der Waals surface area contributed by atoms with Gasteiger partial charge in [0.25, 0.3) is 0 Å². The predicted molar refractivity (Wildman–Crippen MR) is 295 cm³/mol. The van der Waals surface area contributed by atoms with E-state index in [-0.39, 0.29) is 39.6 Å². The van der Waals surface area contributed by atoms with Crippen LogP contribution >= 0.6 is 0 Å². The number of rotatable bonds is 36. The lowest BCUT2D eigenvalue weighted by molar-refractivity contribution is -0.402. The lowest BCUT2D eigenvalue weighted by atomic mass is 9.94. The molecule has 0 bridgehead atoms. The maximum absolute atomic E-state index is 6.99. The Morgan fingerprint density at radius 2 is 0.310 bits per heavy atom. The second kappa shape index (κ2) is 37.6. The van der Waals surface area contributed by atoms with Crippen molar-refractivity contribution in [2.75, 3.05) is 182 Å². The van der Waals surface area contributed by atoms with E-state index in [1.54, 1.807) is 35.5 Å². The largest absolute Gasteiger partial charge is 0.382 e. The lowest BCUT2D eigenvalue weighted by Crippen LogP contribution is -2.69. The molecule has 6 aliphatic rings. The summed E-state index contributed by atoms with van der Waals surface area (Å²) in [5.41, 5.74) is 0. The lowest BCUT2D eigenvalue weighted by Gasteiger charge is -2.52. The Kier molecular flexibility index (Phi) is 32.3. The summed E-state index contributed by atoms with van der Waals surface area (Å²) in [6, 6.07) is 0. The molecule has 0 aliphatic carbocycles. The Morgan fingerprint density at radius 1 is 0.161 bits per heavy atom. The van der Waals surface area contributed by atoms with Crippen molar-refractivity contribution in [2.45, 2.75) is 184 Å². The number of hydrogen-bond donors (Lipinski definition) is 0. The maximum atomic E-state index is 6.99. The Morgan fingerprint density at radius 3 is 0.471 bits per heavy atom. The highest BCUT2D eigenvalue weighted by atomic mass is 16.8. The molecular formula is C56H102O31.